The van der Waals surface area contributed by atoms with Crippen LogP contribution in [0, 0.1) is 13.8 Å². The first-order chi connectivity index (χ1) is 6.18. The molecule has 13 heavy (non-hydrogen) atoms. The molecule has 0 saturated carbocycles. The lowest BCUT2D eigenvalue weighted by atomic mass is 9.94. The highest BCUT2D eigenvalue weighted by molar-refractivity contribution is 6.01. The predicted octanol–water partition coefficient (Wildman–Crippen LogP) is 2.67. The van der Waals surface area contributed by atoms with E-state index in [2.05, 4.69) is 37.9 Å². The van der Waals surface area contributed by atoms with Crippen molar-refractivity contribution in [2.45, 2.75) is 27.2 Å². The molecule has 0 amide bonds. The normalized spacial score (nSPS) is 15.2. The van der Waals surface area contributed by atoms with Crippen LogP contribution in [0.25, 0.3) is 0 Å². The van der Waals surface area contributed by atoms with Gasteiger partial charge in [-0.25, -0.2) is 0 Å². The Hall–Kier alpha value is -1.11. The molecule has 0 atom stereocenters. The van der Waals surface area contributed by atoms with Crippen LogP contribution >= 0.6 is 0 Å². The Bertz CT molecular complexity index is 375. The summed E-state index contributed by atoms with van der Waals surface area (Å²) in [6.45, 7) is 7.41. The Balaban J connectivity index is 2.61. The molecule has 1 aliphatic heterocycles. The maximum absolute atomic E-state index is 4.46. The van der Waals surface area contributed by atoms with Crippen molar-refractivity contribution in [2.75, 3.05) is 6.54 Å². The van der Waals surface area contributed by atoms with E-state index in [0.717, 1.165) is 13.0 Å². The van der Waals surface area contributed by atoms with Crippen molar-refractivity contribution in [3.8, 4) is 0 Å². The molecule has 0 saturated heterocycles. The zero-order chi connectivity index (χ0) is 9.42. The summed E-state index contributed by atoms with van der Waals surface area (Å²) in [6, 6.07) is 4.57. The smallest absolute Gasteiger partial charge is 0.0433 e. The van der Waals surface area contributed by atoms with E-state index in [1.165, 1.54) is 28.0 Å². The largest absolute Gasteiger partial charge is 0.289 e. The monoisotopic (exact) mass is 173 g/mol. The highest BCUT2D eigenvalue weighted by atomic mass is 14.7. The summed E-state index contributed by atoms with van der Waals surface area (Å²) in [5.74, 6) is 0. The van der Waals surface area contributed by atoms with Crippen molar-refractivity contribution in [3.63, 3.8) is 0 Å². The fraction of sp³-hybridized carbons (Fsp3) is 0.417. The lowest BCUT2D eigenvalue weighted by molar-refractivity contribution is 0.937. The molecular formula is C12H15N. The van der Waals surface area contributed by atoms with Crippen LogP contribution in [0.15, 0.2) is 17.1 Å². The second-order valence-electron chi connectivity index (χ2n) is 3.81. The Kier molecular flexibility index (Phi) is 1.95. The number of nitrogens with zero attached hydrogens (tertiary/aromatic N) is 1. The fourth-order valence-electron chi connectivity index (χ4n) is 1.85. The summed E-state index contributed by atoms with van der Waals surface area (Å²) in [6.07, 6.45) is 1.10. The minimum atomic E-state index is 0.960. The summed E-state index contributed by atoms with van der Waals surface area (Å²) in [7, 11) is 0. The van der Waals surface area contributed by atoms with E-state index in [1.54, 1.807) is 0 Å². The number of hydrogen-bond acceptors (Lipinski definition) is 1. The summed E-state index contributed by atoms with van der Waals surface area (Å²) in [4.78, 5) is 4.46. The standard InChI is InChI=1S/C12H15N/c1-8-6-11-4-5-13-10(3)12(11)7-9(8)2/h6-7H,4-5H2,1-3H3. The van der Waals surface area contributed by atoms with Crippen LogP contribution in [0.4, 0.5) is 0 Å². The fourth-order valence-corrected chi connectivity index (χ4v) is 1.85. The van der Waals surface area contributed by atoms with E-state index in [-0.39, 0.29) is 0 Å². The van der Waals surface area contributed by atoms with Gasteiger partial charge in [-0.2, -0.15) is 0 Å². The third-order valence-corrected chi connectivity index (χ3v) is 2.84. The maximum atomic E-state index is 4.46. The molecule has 0 aliphatic carbocycles. The van der Waals surface area contributed by atoms with Crippen molar-refractivity contribution in [3.05, 3.63) is 34.4 Å². The van der Waals surface area contributed by atoms with Gasteiger partial charge < -0.3 is 0 Å². The number of aliphatic imine (C=N–C) groups is 1. The molecular weight excluding hydrogens is 158 g/mol. The Labute approximate surface area is 79.5 Å². The molecule has 1 aromatic carbocycles. The third-order valence-electron chi connectivity index (χ3n) is 2.84. The molecule has 1 nitrogen and oxygen atoms in total. The van der Waals surface area contributed by atoms with Crippen LogP contribution in [0.5, 0.6) is 0 Å². The molecule has 0 bridgehead atoms. The van der Waals surface area contributed by atoms with Gasteiger partial charge in [-0.3, -0.25) is 4.99 Å². The topological polar surface area (TPSA) is 12.4 Å². The van der Waals surface area contributed by atoms with E-state index in [1.807, 2.05) is 0 Å². The number of rotatable bonds is 0. The van der Waals surface area contributed by atoms with Gasteiger partial charge in [0.15, 0.2) is 0 Å². The summed E-state index contributed by atoms with van der Waals surface area (Å²) < 4.78 is 0. The first kappa shape index (κ1) is 8.49. The van der Waals surface area contributed by atoms with Crippen LogP contribution in [0.3, 0.4) is 0 Å². The summed E-state index contributed by atoms with van der Waals surface area (Å²) in [5, 5.41) is 0. The van der Waals surface area contributed by atoms with Gasteiger partial charge in [0.25, 0.3) is 0 Å². The number of hydrogen-bond donors (Lipinski definition) is 0. The van der Waals surface area contributed by atoms with Gasteiger partial charge in [-0.1, -0.05) is 6.07 Å². The van der Waals surface area contributed by atoms with Crippen LogP contribution in [-0.4, -0.2) is 12.3 Å². The molecule has 0 radical (unpaired) electrons. The highest BCUT2D eigenvalue weighted by Crippen LogP contribution is 2.20. The van der Waals surface area contributed by atoms with Crippen molar-refractivity contribution in [1.82, 2.24) is 0 Å². The average Bonchev–Trinajstić information content (AvgIpc) is 2.09. The number of benzene rings is 1. The average molecular weight is 173 g/mol. The van der Waals surface area contributed by atoms with Crippen molar-refractivity contribution < 1.29 is 0 Å². The zero-order valence-corrected chi connectivity index (χ0v) is 8.52. The molecule has 1 aromatic rings. The molecule has 0 N–H and O–H groups in total. The van der Waals surface area contributed by atoms with Crippen LogP contribution < -0.4 is 0 Å². The Morgan fingerprint density at radius 2 is 1.77 bits per heavy atom. The van der Waals surface area contributed by atoms with Crippen molar-refractivity contribution in [2.24, 2.45) is 4.99 Å². The van der Waals surface area contributed by atoms with E-state index >= 15 is 0 Å². The molecule has 0 fully saturated rings. The van der Waals surface area contributed by atoms with E-state index in [0.29, 0.717) is 0 Å². The molecule has 0 aromatic heterocycles. The third kappa shape index (κ3) is 1.39. The SMILES string of the molecule is CC1=NCCc2cc(C)c(C)cc21. The zero-order valence-electron chi connectivity index (χ0n) is 8.52. The van der Waals surface area contributed by atoms with Crippen LogP contribution in [0.2, 0.25) is 0 Å². The summed E-state index contributed by atoms with van der Waals surface area (Å²) in [5.41, 5.74) is 6.79. The van der Waals surface area contributed by atoms with Gasteiger partial charge in [0.1, 0.15) is 0 Å². The molecule has 1 aliphatic rings. The number of fused-ring (bicyclic) bond motifs is 1. The van der Waals surface area contributed by atoms with Gasteiger partial charge in [-0.15, -0.1) is 0 Å². The van der Waals surface area contributed by atoms with Gasteiger partial charge in [0.2, 0.25) is 0 Å². The lowest BCUT2D eigenvalue weighted by Crippen LogP contribution is -2.10. The van der Waals surface area contributed by atoms with E-state index in [9.17, 15) is 0 Å². The van der Waals surface area contributed by atoms with Crippen molar-refractivity contribution >= 4 is 5.71 Å². The van der Waals surface area contributed by atoms with Gasteiger partial charge in [0.05, 0.1) is 0 Å². The minimum Gasteiger partial charge on any atom is -0.289 e. The minimum absolute atomic E-state index is 0.960. The predicted molar refractivity (Wildman–Crippen MR) is 56.7 cm³/mol. The number of aryl methyl sites for hydroxylation is 2. The lowest BCUT2D eigenvalue weighted by Gasteiger charge is -2.16. The van der Waals surface area contributed by atoms with E-state index in [4.69, 9.17) is 0 Å². The second kappa shape index (κ2) is 2.99. The Morgan fingerprint density at radius 1 is 1.08 bits per heavy atom. The molecule has 0 unspecified atom stereocenters. The summed E-state index contributed by atoms with van der Waals surface area (Å²) >= 11 is 0. The van der Waals surface area contributed by atoms with Crippen molar-refractivity contribution in [1.29, 1.82) is 0 Å². The van der Waals surface area contributed by atoms with Crippen LogP contribution in [-0.2, 0) is 6.42 Å². The Morgan fingerprint density at radius 3 is 2.54 bits per heavy atom. The second-order valence-corrected chi connectivity index (χ2v) is 3.81. The van der Waals surface area contributed by atoms with E-state index < -0.39 is 0 Å². The van der Waals surface area contributed by atoms with Gasteiger partial charge >= 0.3 is 0 Å². The quantitative estimate of drug-likeness (QED) is 0.572. The first-order valence-electron chi connectivity index (χ1n) is 4.80. The molecule has 0 spiro atoms. The molecule has 1 heteroatoms. The first-order valence-corrected chi connectivity index (χ1v) is 4.80. The highest BCUT2D eigenvalue weighted by Gasteiger charge is 2.11. The van der Waals surface area contributed by atoms with Gasteiger partial charge in [0, 0.05) is 12.3 Å². The molecule has 2 rings (SSSR count). The maximum Gasteiger partial charge on any atom is 0.0433 e. The van der Waals surface area contributed by atoms with Gasteiger partial charge in [-0.05, 0) is 55.5 Å². The molecule has 1 heterocycles. The van der Waals surface area contributed by atoms with Crippen LogP contribution in [0.1, 0.15) is 29.2 Å². The molecule has 68 valence electrons.